The molecule has 0 unspecified atom stereocenters. The molecule has 2 aromatic rings. The van der Waals surface area contributed by atoms with E-state index in [1.54, 1.807) is 48.5 Å². The molecule has 1 saturated heterocycles. The molecule has 0 atom stereocenters. The van der Waals surface area contributed by atoms with Gasteiger partial charge in [-0.15, -0.1) is 0 Å². The van der Waals surface area contributed by atoms with E-state index < -0.39 is 23.6 Å². The molecule has 6 nitrogen and oxygen atoms in total. The average Bonchev–Trinajstić information content (AvgIpc) is 2.91. The fraction of sp³-hybridized carbons (Fsp3) is 0.105. The van der Waals surface area contributed by atoms with Gasteiger partial charge in [0.25, 0.3) is 11.1 Å². The van der Waals surface area contributed by atoms with E-state index in [2.05, 4.69) is 21.2 Å². The van der Waals surface area contributed by atoms with Gasteiger partial charge in [-0.3, -0.25) is 19.3 Å². The minimum atomic E-state index is -0.536. The Morgan fingerprint density at radius 3 is 2.75 bits per heavy atom. The van der Waals surface area contributed by atoms with Crippen LogP contribution in [-0.4, -0.2) is 35.6 Å². The van der Waals surface area contributed by atoms with Gasteiger partial charge in [0.2, 0.25) is 5.91 Å². The van der Waals surface area contributed by atoms with Gasteiger partial charge in [-0.2, -0.15) is 0 Å². The standard InChI is InChI=1S/C19H14BrClN2O4S/c1-27-15-7-6-12(20)8-11(15)9-16-18(25)23(19(26)28-16)10-17(24)22-14-5-3-2-4-13(14)21/h2-9H,10H2,1H3,(H,22,24)/b16-9+. The molecule has 9 heteroatoms. The van der Waals surface area contributed by atoms with Crippen molar-refractivity contribution in [3.05, 3.63) is 62.4 Å². The summed E-state index contributed by atoms with van der Waals surface area (Å²) in [4.78, 5) is 38.2. The molecule has 2 aromatic carbocycles. The zero-order chi connectivity index (χ0) is 20.3. The molecule has 1 heterocycles. The number of para-hydroxylation sites is 1. The van der Waals surface area contributed by atoms with Crippen molar-refractivity contribution in [1.29, 1.82) is 0 Å². The summed E-state index contributed by atoms with van der Waals surface area (Å²) in [5, 5.41) is 2.45. The van der Waals surface area contributed by atoms with Crippen molar-refractivity contribution >= 4 is 68.1 Å². The summed E-state index contributed by atoms with van der Waals surface area (Å²) >= 11 is 10.1. The molecule has 0 radical (unpaired) electrons. The maximum absolute atomic E-state index is 12.6. The molecule has 3 rings (SSSR count). The molecule has 1 fully saturated rings. The van der Waals surface area contributed by atoms with E-state index in [9.17, 15) is 14.4 Å². The second-order valence-electron chi connectivity index (χ2n) is 5.68. The third-order valence-corrected chi connectivity index (χ3v) is 5.53. The Bertz CT molecular complexity index is 996. The summed E-state index contributed by atoms with van der Waals surface area (Å²) in [6.07, 6.45) is 1.57. The number of thioether (sulfide) groups is 1. The molecule has 3 amide bonds. The van der Waals surface area contributed by atoms with Crippen LogP contribution >= 0.6 is 39.3 Å². The molecule has 144 valence electrons. The molecular formula is C19H14BrClN2O4S. The van der Waals surface area contributed by atoms with Gasteiger partial charge in [0, 0.05) is 10.0 Å². The van der Waals surface area contributed by atoms with E-state index in [1.165, 1.54) is 7.11 Å². The van der Waals surface area contributed by atoms with E-state index in [-0.39, 0.29) is 4.91 Å². The largest absolute Gasteiger partial charge is 0.496 e. The number of carbonyl (C=O) groups excluding carboxylic acids is 3. The van der Waals surface area contributed by atoms with Crippen LogP contribution in [0.5, 0.6) is 5.75 Å². The van der Waals surface area contributed by atoms with Gasteiger partial charge in [0.05, 0.1) is 22.7 Å². The highest BCUT2D eigenvalue weighted by Gasteiger charge is 2.36. The van der Waals surface area contributed by atoms with E-state index in [1.807, 2.05) is 0 Å². The van der Waals surface area contributed by atoms with Gasteiger partial charge < -0.3 is 10.1 Å². The lowest BCUT2D eigenvalue weighted by molar-refractivity contribution is -0.127. The summed E-state index contributed by atoms with van der Waals surface area (Å²) in [5.74, 6) is -0.491. The third-order valence-electron chi connectivity index (χ3n) is 3.80. The number of benzene rings is 2. The van der Waals surface area contributed by atoms with Crippen molar-refractivity contribution in [2.45, 2.75) is 0 Å². The molecule has 0 saturated carbocycles. The molecule has 0 aliphatic carbocycles. The van der Waals surface area contributed by atoms with E-state index in [0.717, 1.165) is 21.1 Å². The lowest BCUT2D eigenvalue weighted by Crippen LogP contribution is -2.36. The number of nitrogens with zero attached hydrogens (tertiary/aromatic N) is 1. The normalized spacial score (nSPS) is 15.2. The van der Waals surface area contributed by atoms with Crippen molar-refractivity contribution in [3.8, 4) is 5.75 Å². The van der Waals surface area contributed by atoms with Crippen LogP contribution in [0.3, 0.4) is 0 Å². The first kappa shape index (κ1) is 20.4. The lowest BCUT2D eigenvalue weighted by atomic mass is 10.2. The Kier molecular flexibility index (Phi) is 6.43. The second-order valence-corrected chi connectivity index (χ2v) is 8.00. The monoisotopic (exact) mass is 480 g/mol. The van der Waals surface area contributed by atoms with Crippen molar-refractivity contribution in [1.82, 2.24) is 4.90 Å². The van der Waals surface area contributed by atoms with Crippen molar-refractivity contribution in [2.75, 3.05) is 19.0 Å². The summed E-state index contributed by atoms with van der Waals surface area (Å²) < 4.78 is 6.08. The smallest absolute Gasteiger partial charge is 0.294 e. The summed E-state index contributed by atoms with van der Waals surface area (Å²) in [5.41, 5.74) is 1.05. The first-order valence-corrected chi connectivity index (χ1v) is 10.0. The van der Waals surface area contributed by atoms with E-state index in [0.29, 0.717) is 22.0 Å². The second kappa shape index (κ2) is 8.81. The summed E-state index contributed by atoms with van der Waals surface area (Å²) in [6.45, 7) is -0.400. The van der Waals surface area contributed by atoms with Crippen molar-refractivity contribution in [2.24, 2.45) is 0 Å². The van der Waals surface area contributed by atoms with Crippen LogP contribution in [0.4, 0.5) is 10.5 Å². The van der Waals surface area contributed by atoms with E-state index in [4.69, 9.17) is 16.3 Å². The Morgan fingerprint density at radius 2 is 2.04 bits per heavy atom. The number of hydrogen-bond donors (Lipinski definition) is 1. The number of rotatable bonds is 5. The van der Waals surface area contributed by atoms with Crippen molar-refractivity contribution in [3.63, 3.8) is 0 Å². The number of carbonyl (C=O) groups is 3. The minimum Gasteiger partial charge on any atom is -0.496 e. The highest BCUT2D eigenvalue weighted by atomic mass is 79.9. The molecule has 0 spiro atoms. The number of amides is 3. The quantitative estimate of drug-likeness (QED) is 0.622. The van der Waals surface area contributed by atoms with Gasteiger partial charge in [0.15, 0.2) is 0 Å². The van der Waals surface area contributed by atoms with Crippen LogP contribution in [0.1, 0.15) is 5.56 Å². The molecule has 0 aromatic heterocycles. The number of nitrogens with one attached hydrogen (secondary N) is 1. The highest BCUT2D eigenvalue weighted by Crippen LogP contribution is 2.34. The first-order chi connectivity index (χ1) is 13.4. The number of ether oxygens (including phenoxy) is 1. The molecule has 1 aliphatic heterocycles. The summed E-state index contributed by atoms with van der Waals surface area (Å²) in [6, 6.07) is 12.0. The first-order valence-electron chi connectivity index (χ1n) is 8.02. The SMILES string of the molecule is COc1ccc(Br)cc1/C=C1/SC(=O)N(CC(=O)Nc2ccccc2Cl)C1=O. The molecule has 1 aliphatic rings. The molecular weight excluding hydrogens is 468 g/mol. The van der Waals surface area contributed by atoms with Crippen LogP contribution < -0.4 is 10.1 Å². The van der Waals surface area contributed by atoms with Gasteiger partial charge in [0.1, 0.15) is 12.3 Å². The maximum Gasteiger partial charge on any atom is 0.294 e. The topological polar surface area (TPSA) is 75.7 Å². The zero-order valence-corrected chi connectivity index (χ0v) is 17.7. The Labute approximate surface area is 179 Å². The Morgan fingerprint density at radius 1 is 1.29 bits per heavy atom. The predicted molar refractivity (Wildman–Crippen MR) is 113 cm³/mol. The van der Waals surface area contributed by atoms with Gasteiger partial charge in [-0.1, -0.05) is 39.7 Å². The Hall–Kier alpha value is -2.29. The molecule has 0 bridgehead atoms. The van der Waals surface area contributed by atoms with Crippen LogP contribution in [-0.2, 0) is 9.59 Å². The predicted octanol–water partition coefficient (Wildman–Crippen LogP) is 4.79. The number of methoxy groups -OCH3 is 1. The molecule has 28 heavy (non-hydrogen) atoms. The fourth-order valence-electron chi connectivity index (χ4n) is 2.49. The number of hydrogen-bond acceptors (Lipinski definition) is 5. The third kappa shape index (κ3) is 4.57. The van der Waals surface area contributed by atoms with Crippen LogP contribution in [0.15, 0.2) is 51.8 Å². The van der Waals surface area contributed by atoms with Gasteiger partial charge >= 0.3 is 0 Å². The van der Waals surface area contributed by atoms with E-state index >= 15 is 0 Å². The van der Waals surface area contributed by atoms with Gasteiger partial charge in [-0.05, 0) is 48.2 Å². The summed E-state index contributed by atoms with van der Waals surface area (Å²) in [7, 11) is 1.52. The van der Waals surface area contributed by atoms with Crippen molar-refractivity contribution < 1.29 is 19.1 Å². The number of halogens is 2. The van der Waals surface area contributed by atoms with Crippen LogP contribution in [0, 0.1) is 0 Å². The Balaban J connectivity index is 1.76. The van der Waals surface area contributed by atoms with Gasteiger partial charge in [-0.25, -0.2) is 0 Å². The molecule has 1 N–H and O–H groups in total. The average molecular weight is 482 g/mol. The van der Waals surface area contributed by atoms with Crippen LogP contribution in [0.25, 0.3) is 6.08 Å². The highest BCUT2D eigenvalue weighted by molar-refractivity contribution is 9.10. The van der Waals surface area contributed by atoms with Crippen LogP contribution in [0.2, 0.25) is 5.02 Å². The number of anilines is 1. The number of imide groups is 1. The zero-order valence-electron chi connectivity index (χ0n) is 14.6. The fourth-order valence-corrected chi connectivity index (χ4v) is 3.88. The maximum atomic E-state index is 12.6. The lowest BCUT2D eigenvalue weighted by Gasteiger charge is -2.13. The minimum absolute atomic E-state index is 0.215.